The highest BCUT2D eigenvalue weighted by molar-refractivity contribution is 5.57. The minimum atomic E-state index is 0.604. The molecule has 0 aromatic carbocycles. The van der Waals surface area contributed by atoms with E-state index < -0.39 is 0 Å². The quantitative estimate of drug-likeness (QED) is 0.762. The Morgan fingerprint density at radius 2 is 1.85 bits per heavy atom. The minimum Gasteiger partial charge on any atom is -0.370 e. The van der Waals surface area contributed by atoms with Crippen molar-refractivity contribution >= 4 is 11.6 Å². The molecule has 2 fully saturated rings. The average Bonchev–Trinajstić information content (AvgIpc) is 3.35. The third-order valence-electron chi connectivity index (χ3n) is 4.78. The Kier molecular flexibility index (Phi) is 3.81. The Bertz CT molecular complexity index is 464. The summed E-state index contributed by atoms with van der Waals surface area (Å²) in [6.07, 6.45) is 9.43. The van der Waals surface area contributed by atoms with Gasteiger partial charge in [-0.15, -0.1) is 0 Å². The topological polar surface area (TPSA) is 49.8 Å². The predicted octanol–water partition coefficient (Wildman–Crippen LogP) is 3.46. The van der Waals surface area contributed by atoms with Crippen LogP contribution in [0.2, 0.25) is 0 Å². The van der Waals surface area contributed by atoms with E-state index in [9.17, 15) is 0 Å². The molecule has 20 heavy (non-hydrogen) atoms. The van der Waals surface area contributed by atoms with E-state index in [1.165, 1.54) is 31.2 Å². The van der Waals surface area contributed by atoms with Crippen LogP contribution in [0.5, 0.6) is 0 Å². The highest BCUT2D eigenvalue weighted by Gasteiger charge is 2.53. The Labute approximate surface area is 121 Å². The van der Waals surface area contributed by atoms with Crippen molar-refractivity contribution in [1.29, 1.82) is 0 Å². The van der Waals surface area contributed by atoms with Crippen molar-refractivity contribution in [2.24, 2.45) is 11.3 Å². The van der Waals surface area contributed by atoms with Gasteiger partial charge in [-0.25, -0.2) is 9.97 Å². The molecule has 2 N–H and O–H groups in total. The fourth-order valence-corrected chi connectivity index (χ4v) is 3.14. The zero-order chi connectivity index (χ0) is 14.0. The smallest absolute Gasteiger partial charge is 0.134 e. The van der Waals surface area contributed by atoms with Crippen molar-refractivity contribution < 1.29 is 0 Å². The lowest BCUT2D eigenvalue weighted by atomic mass is 10.0. The molecule has 2 aliphatic rings. The second-order valence-electron chi connectivity index (χ2n) is 6.32. The summed E-state index contributed by atoms with van der Waals surface area (Å²) in [6, 6.07) is 0. The summed E-state index contributed by atoms with van der Waals surface area (Å²) in [5.74, 6) is 3.02. The van der Waals surface area contributed by atoms with Gasteiger partial charge in [0.25, 0.3) is 0 Å². The highest BCUT2D eigenvalue weighted by atomic mass is 15.1. The van der Waals surface area contributed by atoms with Crippen molar-refractivity contribution in [3.05, 3.63) is 11.9 Å². The van der Waals surface area contributed by atoms with Crippen molar-refractivity contribution in [1.82, 2.24) is 9.97 Å². The van der Waals surface area contributed by atoms with Crippen LogP contribution >= 0.6 is 0 Å². The summed E-state index contributed by atoms with van der Waals surface area (Å²) < 4.78 is 0. The molecule has 0 amide bonds. The first-order valence-electron chi connectivity index (χ1n) is 8.10. The largest absolute Gasteiger partial charge is 0.370 e. The molecule has 1 aromatic heterocycles. The molecule has 4 heteroatoms. The van der Waals surface area contributed by atoms with Gasteiger partial charge >= 0.3 is 0 Å². The Balaban J connectivity index is 1.68. The van der Waals surface area contributed by atoms with Gasteiger partial charge in [0, 0.05) is 18.7 Å². The second kappa shape index (κ2) is 5.58. The lowest BCUT2D eigenvalue weighted by molar-refractivity contribution is 0.466. The van der Waals surface area contributed by atoms with Gasteiger partial charge in [-0.1, -0.05) is 13.8 Å². The fourth-order valence-electron chi connectivity index (χ4n) is 3.14. The molecule has 3 rings (SSSR count). The molecule has 0 saturated heterocycles. The van der Waals surface area contributed by atoms with Crippen LogP contribution in [0.3, 0.4) is 0 Å². The van der Waals surface area contributed by atoms with E-state index in [2.05, 4.69) is 34.4 Å². The summed E-state index contributed by atoms with van der Waals surface area (Å²) in [5, 5.41) is 7.03. The maximum atomic E-state index is 4.47. The maximum absolute atomic E-state index is 4.47. The second-order valence-corrected chi connectivity index (χ2v) is 6.32. The molecule has 110 valence electrons. The van der Waals surface area contributed by atoms with Gasteiger partial charge in [-0.05, 0) is 49.9 Å². The van der Waals surface area contributed by atoms with Gasteiger partial charge in [0.15, 0.2) is 0 Å². The fraction of sp³-hybridized carbons (Fsp3) is 0.750. The summed E-state index contributed by atoms with van der Waals surface area (Å²) in [5.41, 5.74) is 1.83. The van der Waals surface area contributed by atoms with Crippen LogP contribution in [0, 0.1) is 11.3 Å². The van der Waals surface area contributed by atoms with Crippen molar-refractivity contribution in [3.8, 4) is 0 Å². The third kappa shape index (κ3) is 2.74. The SMILES string of the molecule is CCCNc1ncnc(NCC2(C3CC3)CC2)c1CC. The molecule has 1 aromatic rings. The number of hydrogen-bond donors (Lipinski definition) is 2. The van der Waals surface area contributed by atoms with E-state index in [0.717, 1.165) is 43.5 Å². The van der Waals surface area contributed by atoms with Gasteiger partial charge in [-0.3, -0.25) is 0 Å². The van der Waals surface area contributed by atoms with E-state index in [0.29, 0.717) is 5.41 Å². The molecule has 2 aliphatic carbocycles. The molecule has 0 spiro atoms. The number of nitrogens with zero attached hydrogens (tertiary/aromatic N) is 2. The molecule has 0 atom stereocenters. The van der Waals surface area contributed by atoms with Gasteiger partial charge in [-0.2, -0.15) is 0 Å². The lowest BCUT2D eigenvalue weighted by Crippen LogP contribution is -2.19. The van der Waals surface area contributed by atoms with Gasteiger partial charge in [0.1, 0.15) is 18.0 Å². The van der Waals surface area contributed by atoms with Crippen molar-refractivity contribution in [2.75, 3.05) is 23.7 Å². The number of rotatable bonds is 8. The number of aromatic nitrogens is 2. The minimum absolute atomic E-state index is 0.604. The van der Waals surface area contributed by atoms with Crippen LogP contribution in [-0.2, 0) is 6.42 Å². The molecule has 1 heterocycles. The zero-order valence-corrected chi connectivity index (χ0v) is 12.7. The first-order valence-corrected chi connectivity index (χ1v) is 8.10. The monoisotopic (exact) mass is 274 g/mol. The molecule has 2 saturated carbocycles. The molecule has 0 aliphatic heterocycles. The normalized spacial score (nSPS) is 19.7. The highest BCUT2D eigenvalue weighted by Crippen LogP contribution is 2.61. The first kappa shape index (κ1) is 13.7. The summed E-state index contributed by atoms with van der Waals surface area (Å²) >= 11 is 0. The van der Waals surface area contributed by atoms with Crippen molar-refractivity contribution in [2.45, 2.75) is 52.4 Å². The van der Waals surface area contributed by atoms with E-state index in [1.54, 1.807) is 6.33 Å². The molecule has 0 radical (unpaired) electrons. The predicted molar refractivity (Wildman–Crippen MR) is 83.1 cm³/mol. The van der Waals surface area contributed by atoms with Crippen molar-refractivity contribution in [3.63, 3.8) is 0 Å². The van der Waals surface area contributed by atoms with Crippen LogP contribution in [0.4, 0.5) is 11.6 Å². The molecular formula is C16H26N4. The van der Waals surface area contributed by atoms with E-state index in [-0.39, 0.29) is 0 Å². The summed E-state index contributed by atoms with van der Waals surface area (Å²) in [4.78, 5) is 8.86. The van der Waals surface area contributed by atoms with Crippen LogP contribution in [0.15, 0.2) is 6.33 Å². The number of anilines is 2. The average molecular weight is 274 g/mol. The molecule has 4 nitrogen and oxygen atoms in total. The lowest BCUT2D eigenvalue weighted by Gasteiger charge is -2.18. The number of nitrogens with one attached hydrogen (secondary N) is 2. The van der Waals surface area contributed by atoms with E-state index in [4.69, 9.17) is 0 Å². The standard InChI is InChI=1S/C16H26N4/c1-3-9-17-14-13(4-2)15(20-11-19-14)18-10-16(7-8-16)12-5-6-12/h11-12H,3-10H2,1-2H3,(H2,17,18,19,20). The van der Waals surface area contributed by atoms with Crippen LogP contribution in [0.1, 0.15) is 51.5 Å². The molecule has 0 bridgehead atoms. The Morgan fingerprint density at radius 3 is 2.40 bits per heavy atom. The molecular weight excluding hydrogens is 248 g/mol. The Morgan fingerprint density at radius 1 is 1.15 bits per heavy atom. The molecule has 0 unspecified atom stereocenters. The number of hydrogen-bond acceptors (Lipinski definition) is 4. The maximum Gasteiger partial charge on any atom is 0.134 e. The Hall–Kier alpha value is -1.32. The van der Waals surface area contributed by atoms with E-state index >= 15 is 0 Å². The summed E-state index contributed by atoms with van der Waals surface area (Å²) in [7, 11) is 0. The summed E-state index contributed by atoms with van der Waals surface area (Å²) in [6.45, 7) is 6.41. The van der Waals surface area contributed by atoms with Crippen LogP contribution < -0.4 is 10.6 Å². The van der Waals surface area contributed by atoms with Gasteiger partial charge < -0.3 is 10.6 Å². The third-order valence-corrected chi connectivity index (χ3v) is 4.78. The van der Waals surface area contributed by atoms with Gasteiger partial charge in [0.05, 0.1) is 0 Å². The zero-order valence-electron chi connectivity index (χ0n) is 12.7. The van der Waals surface area contributed by atoms with E-state index in [1.807, 2.05) is 0 Å². The van der Waals surface area contributed by atoms with Crippen LogP contribution in [-0.4, -0.2) is 23.1 Å². The first-order chi connectivity index (χ1) is 9.79. The van der Waals surface area contributed by atoms with Crippen LogP contribution in [0.25, 0.3) is 0 Å². The van der Waals surface area contributed by atoms with Gasteiger partial charge in [0.2, 0.25) is 0 Å².